The molecular weight excluding hydrogens is 212 g/mol. The summed E-state index contributed by atoms with van der Waals surface area (Å²) in [6.45, 7) is 9.73. The lowest BCUT2D eigenvalue weighted by molar-refractivity contribution is -0.913. The average molecular weight is 245 g/mol. The third-order valence-electron chi connectivity index (χ3n) is 3.36. The summed E-state index contributed by atoms with van der Waals surface area (Å²) < 4.78 is 1.03. The number of nitrogens with two attached hydrogens (primary N) is 1. The molecule has 3 N–H and O–H groups in total. The molecule has 0 rings (SSSR count). The van der Waals surface area contributed by atoms with Crippen LogP contribution in [0.4, 0.5) is 0 Å². The van der Waals surface area contributed by atoms with Gasteiger partial charge in [-0.15, -0.1) is 0 Å². The lowest BCUT2D eigenvalue weighted by Gasteiger charge is -2.39. The topological polar surface area (TPSA) is 41.3 Å². The predicted octanol–water partition coefficient (Wildman–Crippen LogP) is 0.338. The Hall–Kier alpha value is -0.160. The highest BCUT2D eigenvalue weighted by atomic mass is 15.4. The normalized spacial score (nSPS) is 18.2. The van der Waals surface area contributed by atoms with Gasteiger partial charge in [-0.3, -0.25) is 0 Å². The SMILES string of the molecule is CC(N)CNC(C)C[N+](C)(C)C(C)CN(C)C. The van der Waals surface area contributed by atoms with Crippen molar-refractivity contribution in [1.29, 1.82) is 0 Å². The van der Waals surface area contributed by atoms with Gasteiger partial charge >= 0.3 is 0 Å². The maximum absolute atomic E-state index is 5.76. The third-order valence-corrected chi connectivity index (χ3v) is 3.36. The molecule has 0 aromatic carbocycles. The number of rotatable bonds is 8. The fourth-order valence-corrected chi connectivity index (χ4v) is 2.09. The van der Waals surface area contributed by atoms with E-state index in [2.05, 4.69) is 52.3 Å². The summed E-state index contributed by atoms with van der Waals surface area (Å²) in [5.74, 6) is 0. The lowest BCUT2D eigenvalue weighted by atomic mass is 10.2. The van der Waals surface area contributed by atoms with E-state index in [4.69, 9.17) is 5.73 Å². The van der Waals surface area contributed by atoms with Crippen LogP contribution >= 0.6 is 0 Å². The fourth-order valence-electron chi connectivity index (χ4n) is 2.09. The van der Waals surface area contributed by atoms with E-state index in [1.165, 1.54) is 0 Å². The van der Waals surface area contributed by atoms with Crippen LogP contribution in [0.3, 0.4) is 0 Å². The number of quaternary nitrogens is 1. The van der Waals surface area contributed by atoms with Crippen molar-refractivity contribution < 1.29 is 4.48 Å². The molecule has 4 nitrogen and oxygen atoms in total. The van der Waals surface area contributed by atoms with Crippen LogP contribution in [0.2, 0.25) is 0 Å². The first-order chi connectivity index (χ1) is 7.65. The molecule has 4 heteroatoms. The Morgan fingerprint density at radius 1 is 1.18 bits per heavy atom. The van der Waals surface area contributed by atoms with Crippen molar-refractivity contribution >= 4 is 0 Å². The molecule has 0 aliphatic carbocycles. The highest BCUT2D eigenvalue weighted by molar-refractivity contribution is 4.66. The fraction of sp³-hybridized carbons (Fsp3) is 1.00. The molecule has 0 amide bonds. The Balaban J connectivity index is 4.13. The molecular formula is C13H33N4+. The molecule has 0 aliphatic rings. The van der Waals surface area contributed by atoms with Crippen molar-refractivity contribution in [3.8, 4) is 0 Å². The van der Waals surface area contributed by atoms with E-state index >= 15 is 0 Å². The molecule has 0 saturated carbocycles. The number of likely N-dealkylation sites (N-methyl/N-ethyl adjacent to an activating group) is 2. The Morgan fingerprint density at radius 3 is 2.12 bits per heavy atom. The van der Waals surface area contributed by atoms with Crippen LogP contribution in [0, 0.1) is 0 Å². The molecule has 0 fully saturated rings. The number of hydrogen-bond donors (Lipinski definition) is 2. The largest absolute Gasteiger partial charge is 0.327 e. The molecule has 0 aromatic rings. The summed E-state index contributed by atoms with van der Waals surface area (Å²) in [6.07, 6.45) is 0. The second-order valence-electron chi connectivity index (χ2n) is 6.36. The van der Waals surface area contributed by atoms with Crippen LogP contribution < -0.4 is 11.1 Å². The van der Waals surface area contributed by atoms with Crippen molar-refractivity contribution in [3.63, 3.8) is 0 Å². The van der Waals surface area contributed by atoms with Gasteiger partial charge in [-0.1, -0.05) is 0 Å². The Morgan fingerprint density at radius 2 is 1.71 bits per heavy atom. The molecule has 17 heavy (non-hydrogen) atoms. The monoisotopic (exact) mass is 245 g/mol. The number of nitrogens with zero attached hydrogens (tertiary/aromatic N) is 2. The summed E-state index contributed by atoms with van der Waals surface area (Å²) in [7, 11) is 8.87. The predicted molar refractivity (Wildman–Crippen MR) is 76.1 cm³/mol. The molecule has 0 heterocycles. The van der Waals surface area contributed by atoms with Crippen LogP contribution in [-0.4, -0.2) is 75.3 Å². The van der Waals surface area contributed by atoms with Crippen LogP contribution in [0.5, 0.6) is 0 Å². The van der Waals surface area contributed by atoms with Crippen molar-refractivity contribution in [2.75, 3.05) is 47.8 Å². The Labute approximate surface area is 108 Å². The van der Waals surface area contributed by atoms with E-state index in [-0.39, 0.29) is 6.04 Å². The van der Waals surface area contributed by atoms with Gasteiger partial charge in [0.15, 0.2) is 0 Å². The summed E-state index contributed by atoms with van der Waals surface area (Å²) in [5.41, 5.74) is 5.76. The van der Waals surface area contributed by atoms with Crippen molar-refractivity contribution in [2.45, 2.75) is 38.9 Å². The number of nitrogens with one attached hydrogen (secondary N) is 1. The van der Waals surface area contributed by atoms with E-state index < -0.39 is 0 Å². The minimum absolute atomic E-state index is 0.229. The molecule has 3 unspecified atom stereocenters. The molecule has 104 valence electrons. The van der Waals surface area contributed by atoms with Crippen LogP contribution in [-0.2, 0) is 0 Å². The number of hydrogen-bond acceptors (Lipinski definition) is 3. The second kappa shape index (κ2) is 7.31. The van der Waals surface area contributed by atoms with Crippen LogP contribution in [0.25, 0.3) is 0 Å². The average Bonchev–Trinajstić information content (AvgIpc) is 2.12. The summed E-state index contributed by atoms with van der Waals surface area (Å²) in [5, 5.41) is 3.49. The molecule has 3 atom stereocenters. The van der Waals surface area contributed by atoms with E-state index in [0.29, 0.717) is 12.1 Å². The molecule has 0 saturated heterocycles. The minimum Gasteiger partial charge on any atom is -0.327 e. The maximum Gasteiger partial charge on any atom is 0.0986 e. The summed E-state index contributed by atoms with van der Waals surface area (Å²) in [4.78, 5) is 2.25. The maximum atomic E-state index is 5.76. The molecule has 0 bridgehead atoms. The molecule has 0 aromatic heterocycles. The zero-order chi connectivity index (χ0) is 13.6. The van der Waals surface area contributed by atoms with E-state index in [1.54, 1.807) is 0 Å². The summed E-state index contributed by atoms with van der Waals surface area (Å²) in [6, 6.07) is 1.36. The van der Waals surface area contributed by atoms with E-state index in [9.17, 15) is 0 Å². The van der Waals surface area contributed by atoms with Gasteiger partial charge in [-0.2, -0.15) is 0 Å². The van der Waals surface area contributed by atoms with Crippen LogP contribution in [0.1, 0.15) is 20.8 Å². The van der Waals surface area contributed by atoms with Gasteiger partial charge in [-0.25, -0.2) is 0 Å². The quantitative estimate of drug-likeness (QED) is 0.606. The van der Waals surface area contributed by atoms with Crippen LogP contribution in [0.15, 0.2) is 0 Å². The van der Waals surface area contributed by atoms with Crippen molar-refractivity contribution in [3.05, 3.63) is 0 Å². The highest BCUT2D eigenvalue weighted by Crippen LogP contribution is 2.08. The Bertz CT molecular complexity index is 202. The van der Waals surface area contributed by atoms with Gasteiger partial charge in [-0.05, 0) is 34.9 Å². The second-order valence-corrected chi connectivity index (χ2v) is 6.36. The van der Waals surface area contributed by atoms with Gasteiger partial charge in [0, 0.05) is 19.1 Å². The van der Waals surface area contributed by atoms with Gasteiger partial charge in [0.25, 0.3) is 0 Å². The van der Waals surface area contributed by atoms with Crippen molar-refractivity contribution in [2.24, 2.45) is 5.73 Å². The minimum atomic E-state index is 0.229. The first-order valence-electron chi connectivity index (χ1n) is 6.61. The Kier molecular flexibility index (Phi) is 7.24. The van der Waals surface area contributed by atoms with E-state index in [1.807, 2.05) is 6.92 Å². The zero-order valence-electron chi connectivity index (χ0n) is 12.8. The molecule has 0 aliphatic heterocycles. The first-order valence-corrected chi connectivity index (χ1v) is 6.61. The smallest absolute Gasteiger partial charge is 0.0986 e. The van der Waals surface area contributed by atoms with Gasteiger partial charge in [0.2, 0.25) is 0 Å². The van der Waals surface area contributed by atoms with Gasteiger partial charge in [0.05, 0.1) is 32.7 Å². The molecule has 0 radical (unpaired) electrons. The summed E-state index contributed by atoms with van der Waals surface area (Å²) >= 11 is 0. The van der Waals surface area contributed by atoms with Crippen molar-refractivity contribution in [1.82, 2.24) is 10.2 Å². The standard InChI is InChI=1S/C13H33N4/c1-11(14)8-15-12(2)10-17(6,7)13(3)9-16(4)5/h11-13,15H,8-10,14H2,1-7H3/q+1. The zero-order valence-corrected chi connectivity index (χ0v) is 12.8. The van der Waals surface area contributed by atoms with Gasteiger partial charge in [0.1, 0.15) is 0 Å². The third kappa shape index (κ3) is 7.71. The highest BCUT2D eigenvalue weighted by Gasteiger charge is 2.26. The first kappa shape index (κ1) is 16.8. The lowest BCUT2D eigenvalue weighted by Crippen LogP contribution is -2.56. The van der Waals surface area contributed by atoms with E-state index in [0.717, 1.165) is 24.1 Å². The van der Waals surface area contributed by atoms with Gasteiger partial charge < -0.3 is 20.4 Å². The molecule has 0 spiro atoms.